The Kier molecular flexibility index (Phi) is 4.48. The number of aryl methyl sites for hydroxylation is 1. The highest BCUT2D eigenvalue weighted by atomic mass is 32.2. The van der Waals surface area contributed by atoms with E-state index in [4.69, 9.17) is 4.74 Å². The molecule has 0 amide bonds. The third-order valence-electron chi connectivity index (χ3n) is 4.73. The number of nitrogens with zero attached hydrogens (tertiary/aromatic N) is 4. The zero-order valence-electron chi connectivity index (χ0n) is 15.2. The first-order chi connectivity index (χ1) is 13.0. The van der Waals surface area contributed by atoms with Gasteiger partial charge in [-0.25, -0.2) is 18.4 Å². The number of hydrogen-bond acceptors (Lipinski definition) is 6. The van der Waals surface area contributed by atoms with Crippen molar-refractivity contribution in [1.82, 2.24) is 19.3 Å². The normalized spacial score (nSPS) is 16.0. The van der Waals surface area contributed by atoms with Crippen LogP contribution in [-0.4, -0.2) is 61.0 Å². The number of hydrogen-bond donors (Lipinski definition) is 1. The van der Waals surface area contributed by atoms with E-state index >= 15 is 0 Å². The highest BCUT2D eigenvalue weighted by Crippen LogP contribution is 2.25. The molecule has 0 spiro atoms. The molecule has 1 aliphatic rings. The number of piperazine rings is 1. The smallest absolute Gasteiger partial charge is 0.243 e. The molecule has 142 valence electrons. The van der Waals surface area contributed by atoms with Crippen LogP contribution in [0.15, 0.2) is 41.4 Å². The molecule has 27 heavy (non-hydrogen) atoms. The predicted molar refractivity (Wildman–Crippen MR) is 103 cm³/mol. The number of anilines is 1. The summed E-state index contributed by atoms with van der Waals surface area (Å²) in [4.78, 5) is 14.5. The van der Waals surface area contributed by atoms with Gasteiger partial charge in [0.25, 0.3) is 0 Å². The largest absolute Gasteiger partial charge is 0.497 e. The second-order valence-electron chi connectivity index (χ2n) is 6.40. The number of sulfonamides is 1. The summed E-state index contributed by atoms with van der Waals surface area (Å²) in [5.74, 6) is 2.15. The lowest BCUT2D eigenvalue weighted by Gasteiger charge is -2.34. The Morgan fingerprint density at radius 3 is 2.41 bits per heavy atom. The van der Waals surface area contributed by atoms with E-state index < -0.39 is 10.0 Å². The van der Waals surface area contributed by atoms with E-state index in [0.29, 0.717) is 37.8 Å². The zero-order chi connectivity index (χ0) is 19.0. The molecule has 0 atom stereocenters. The van der Waals surface area contributed by atoms with Crippen LogP contribution < -0.4 is 9.64 Å². The van der Waals surface area contributed by atoms with Gasteiger partial charge in [0.2, 0.25) is 10.0 Å². The average Bonchev–Trinajstić information content (AvgIpc) is 3.16. The van der Waals surface area contributed by atoms with Gasteiger partial charge in [0.05, 0.1) is 17.5 Å². The van der Waals surface area contributed by atoms with Crippen LogP contribution >= 0.6 is 0 Å². The molecule has 0 saturated carbocycles. The van der Waals surface area contributed by atoms with Crippen LogP contribution in [0, 0.1) is 6.92 Å². The van der Waals surface area contributed by atoms with Gasteiger partial charge >= 0.3 is 0 Å². The summed E-state index contributed by atoms with van der Waals surface area (Å²) in [6.45, 7) is 3.81. The lowest BCUT2D eigenvalue weighted by Crippen LogP contribution is -2.49. The average molecular weight is 387 g/mol. The number of aromatic nitrogens is 3. The maximum absolute atomic E-state index is 12.9. The van der Waals surface area contributed by atoms with E-state index in [0.717, 1.165) is 16.9 Å². The Morgan fingerprint density at radius 2 is 1.74 bits per heavy atom. The minimum Gasteiger partial charge on any atom is -0.497 e. The van der Waals surface area contributed by atoms with Crippen molar-refractivity contribution in [2.75, 3.05) is 38.2 Å². The fourth-order valence-corrected chi connectivity index (χ4v) is 4.73. The zero-order valence-corrected chi connectivity index (χ0v) is 16.0. The molecule has 4 rings (SSSR count). The van der Waals surface area contributed by atoms with E-state index in [1.54, 1.807) is 31.4 Å². The minimum atomic E-state index is -3.52. The summed E-state index contributed by atoms with van der Waals surface area (Å²) < 4.78 is 32.4. The van der Waals surface area contributed by atoms with Gasteiger partial charge in [-0.2, -0.15) is 4.31 Å². The van der Waals surface area contributed by atoms with E-state index in [1.807, 2.05) is 19.2 Å². The summed E-state index contributed by atoms with van der Waals surface area (Å²) in [6.07, 6.45) is 1.84. The third-order valence-corrected chi connectivity index (χ3v) is 6.65. The maximum atomic E-state index is 12.9. The quantitative estimate of drug-likeness (QED) is 0.734. The molecule has 1 saturated heterocycles. The fraction of sp³-hybridized carbons (Fsp3) is 0.333. The molecule has 0 bridgehead atoms. The summed E-state index contributed by atoms with van der Waals surface area (Å²) in [5.41, 5.74) is 1.75. The molecule has 1 aliphatic heterocycles. The molecule has 8 nitrogen and oxygen atoms in total. The number of fused-ring (bicyclic) bond motifs is 1. The summed E-state index contributed by atoms with van der Waals surface area (Å²) >= 11 is 0. The van der Waals surface area contributed by atoms with Crippen LogP contribution in [0.3, 0.4) is 0 Å². The molecule has 0 unspecified atom stereocenters. The Labute approximate surface area is 157 Å². The van der Waals surface area contributed by atoms with Gasteiger partial charge in [0.15, 0.2) is 5.82 Å². The van der Waals surface area contributed by atoms with Crippen LogP contribution in [-0.2, 0) is 10.0 Å². The molecule has 2 aromatic heterocycles. The summed E-state index contributed by atoms with van der Waals surface area (Å²) in [7, 11) is -1.97. The SMILES string of the molecule is COc1ccc(S(=O)(=O)N2CCN(c3nc(C)nc4cc[nH]c34)CC2)cc1. The Bertz CT molecular complexity index is 1050. The lowest BCUT2D eigenvalue weighted by molar-refractivity contribution is 0.383. The first-order valence-electron chi connectivity index (χ1n) is 8.70. The van der Waals surface area contributed by atoms with E-state index in [-0.39, 0.29) is 4.90 Å². The Morgan fingerprint density at radius 1 is 1.04 bits per heavy atom. The van der Waals surface area contributed by atoms with Crippen molar-refractivity contribution in [3.8, 4) is 5.75 Å². The molecule has 1 aromatic carbocycles. The third kappa shape index (κ3) is 3.24. The second kappa shape index (κ2) is 6.82. The van der Waals surface area contributed by atoms with Crippen molar-refractivity contribution in [1.29, 1.82) is 0 Å². The molecule has 3 aromatic rings. The number of ether oxygens (including phenoxy) is 1. The molecular formula is C18H21N5O3S. The Hall–Kier alpha value is -2.65. The first kappa shape index (κ1) is 17.7. The number of methoxy groups -OCH3 is 1. The van der Waals surface area contributed by atoms with Crippen LogP contribution in [0.1, 0.15) is 5.82 Å². The van der Waals surface area contributed by atoms with Crippen LogP contribution in [0.25, 0.3) is 11.0 Å². The predicted octanol–water partition coefficient (Wildman–Crippen LogP) is 1.79. The Balaban J connectivity index is 1.53. The van der Waals surface area contributed by atoms with Crippen molar-refractivity contribution in [3.63, 3.8) is 0 Å². The van der Waals surface area contributed by atoms with Gasteiger partial charge in [-0.05, 0) is 37.3 Å². The number of rotatable bonds is 4. The van der Waals surface area contributed by atoms with Crippen molar-refractivity contribution in [3.05, 3.63) is 42.4 Å². The van der Waals surface area contributed by atoms with Crippen LogP contribution in [0.5, 0.6) is 5.75 Å². The van der Waals surface area contributed by atoms with E-state index in [2.05, 4.69) is 19.9 Å². The number of aromatic amines is 1. The van der Waals surface area contributed by atoms with Crippen LogP contribution in [0.4, 0.5) is 5.82 Å². The van der Waals surface area contributed by atoms with Crippen molar-refractivity contribution >= 4 is 26.9 Å². The number of nitrogens with one attached hydrogen (secondary N) is 1. The van der Waals surface area contributed by atoms with Gasteiger partial charge in [-0.15, -0.1) is 0 Å². The van der Waals surface area contributed by atoms with Gasteiger partial charge in [0, 0.05) is 32.4 Å². The molecular weight excluding hydrogens is 366 g/mol. The van der Waals surface area contributed by atoms with Gasteiger partial charge in [-0.1, -0.05) is 0 Å². The van der Waals surface area contributed by atoms with Gasteiger partial charge < -0.3 is 14.6 Å². The lowest BCUT2D eigenvalue weighted by atomic mass is 10.3. The van der Waals surface area contributed by atoms with Crippen molar-refractivity contribution < 1.29 is 13.2 Å². The van der Waals surface area contributed by atoms with Crippen molar-refractivity contribution in [2.45, 2.75) is 11.8 Å². The molecule has 3 heterocycles. The molecule has 1 fully saturated rings. The topological polar surface area (TPSA) is 91.4 Å². The highest BCUT2D eigenvalue weighted by Gasteiger charge is 2.29. The van der Waals surface area contributed by atoms with E-state index in [1.165, 1.54) is 4.31 Å². The second-order valence-corrected chi connectivity index (χ2v) is 8.34. The number of H-pyrrole nitrogens is 1. The summed E-state index contributed by atoms with van der Waals surface area (Å²) in [6, 6.07) is 8.40. The standard InChI is InChI=1S/C18H21N5O3S/c1-13-20-16-7-8-19-17(16)18(21-13)22-9-11-23(12-10-22)27(24,25)15-5-3-14(26-2)4-6-15/h3-8,19H,9-12H2,1-2H3. The number of benzene rings is 1. The van der Waals surface area contributed by atoms with Crippen LogP contribution in [0.2, 0.25) is 0 Å². The van der Waals surface area contributed by atoms with Gasteiger partial charge in [-0.3, -0.25) is 0 Å². The summed E-state index contributed by atoms with van der Waals surface area (Å²) in [5, 5.41) is 0. The molecule has 1 N–H and O–H groups in total. The molecule has 0 aliphatic carbocycles. The molecule has 0 radical (unpaired) electrons. The maximum Gasteiger partial charge on any atom is 0.243 e. The molecule has 9 heteroatoms. The van der Waals surface area contributed by atoms with Gasteiger partial charge in [0.1, 0.15) is 17.1 Å². The first-order valence-corrected chi connectivity index (χ1v) is 10.1. The monoisotopic (exact) mass is 387 g/mol. The van der Waals surface area contributed by atoms with E-state index in [9.17, 15) is 8.42 Å². The van der Waals surface area contributed by atoms with Crippen molar-refractivity contribution in [2.24, 2.45) is 0 Å². The highest BCUT2D eigenvalue weighted by molar-refractivity contribution is 7.89. The fourth-order valence-electron chi connectivity index (χ4n) is 3.31. The minimum absolute atomic E-state index is 0.279.